The van der Waals surface area contributed by atoms with Crippen molar-refractivity contribution in [2.75, 3.05) is 25.6 Å². The number of nitrogens with two attached hydrogens (primary N) is 1. The molecule has 0 amide bonds. The molecule has 3 nitrogen and oxygen atoms in total. The van der Waals surface area contributed by atoms with Gasteiger partial charge in [0, 0.05) is 25.9 Å². The summed E-state index contributed by atoms with van der Waals surface area (Å²) in [6.07, 6.45) is 0.911. The average Bonchev–Trinajstić information content (AvgIpc) is 2.33. The Balaban J connectivity index is 2.78. The average molecular weight is 284 g/mol. The molecule has 0 spiro atoms. The van der Waals surface area contributed by atoms with Crippen molar-refractivity contribution in [3.63, 3.8) is 0 Å². The molecule has 0 saturated carbocycles. The summed E-state index contributed by atoms with van der Waals surface area (Å²) in [4.78, 5) is 0.0651. The minimum absolute atomic E-state index is 0.0375. The minimum Gasteiger partial charge on any atom is -0.389 e. The van der Waals surface area contributed by atoms with Crippen molar-refractivity contribution < 1.29 is 9.13 Å². The smallest absolute Gasteiger partial charge is 0.135 e. The van der Waals surface area contributed by atoms with Crippen LogP contribution in [0.1, 0.15) is 25.8 Å². The van der Waals surface area contributed by atoms with Crippen molar-refractivity contribution >= 4 is 22.9 Å². The summed E-state index contributed by atoms with van der Waals surface area (Å²) in [6.45, 7) is 5.63. The van der Waals surface area contributed by atoms with E-state index in [4.69, 9.17) is 22.7 Å². The maximum Gasteiger partial charge on any atom is 0.135 e. The van der Waals surface area contributed by atoms with Crippen LogP contribution in [-0.4, -0.2) is 25.2 Å². The van der Waals surface area contributed by atoms with E-state index in [1.54, 1.807) is 19.2 Å². The zero-order valence-electron chi connectivity index (χ0n) is 11.6. The van der Waals surface area contributed by atoms with Crippen LogP contribution in [0, 0.1) is 11.2 Å². The molecule has 0 saturated heterocycles. The van der Waals surface area contributed by atoms with Crippen LogP contribution in [0.3, 0.4) is 0 Å². The summed E-state index contributed by atoms with van der Waals surface area (Å²) >= 11 is 4.89. The first kappa shape index (κ1) is 15.9. The molecule has 3 N–H and O–H groups in total. The number of anilines is 1. The van der Waals surface area contributed by atoms with Crippen molar-refractivity contribution in [2.24, 2.45) is 11.1 Å². The zero-order chi connectivity index (χ0) is 14.5. The largest absolute Gasteiger partial charge is 0.389 e. The monoisotopic (exact) mass is 284 g/mol. The van der Waals surface area contributed by atoms with Gasteiger partial charge >= 0.3 is 0 Å². The van der Waals surface area contributed by atoms with Crippen LogP contribution in [0.15, 0.2) is 18.2 Å². The number of ether oxygens (including phenoxy) is 1. The molecule has 0 heterocycles. The van der Waals surface area contributed by atoms with E-state index >= 15 is 0 Å². The van der Waals surface area contributed by atoms with Crippen LogP contribution in [0.25, 0.3) is 0 Å². The van der Waals surface area contributed by atoms with Gasteiger partial charge < -0.3 is 15.8 Å². The van der Waals surface area contributed by atoms with Crippen molar-refractivity contribution in [3.05, 3.63) is 29.6 Å². The van der Waals surface area contributed by atoms with Crippen molar-refractivity contribution in [2.45, 2.75) is 20.3 Å². The second-order valence-corrected chi connectivity index (χ2v) is 5.73. The highest BCUT2D eigenvalue weighted by molar-refractivity contribution is 7.80. The molecular weight excluding hydrogens is 263 g/mol. The second kappa shape index (κ2) is 6.82. The quantitative estimate of drug-likeness (QED) is 0.756. The van der Waals surface area contributed by atoms with E-state index in [1.807, 2.05) is 0 Å². The zero-order valence-corrected chi connectivity index (χ0v) is 12.4. The number of halogens is 1. The van der Waals surface area contributed by atoms with Gasteiger partial charge in [-0.2, -0.15) is 0 Å². The number of hydrogen-bond donors (Lipinski definition) is 2. The highest BCUT2D eigenvalue weighted by atomic mass is 32.1. The topological polar surface area (TPSA) is 47.3 Å². The lowest BCUT2D eigenvalue weighted by Crippen LogP contribution is -2.26. The Morgan fingerprint density at radius 1 is 1.47 bits per heavy atom. The molecule has 1 rings (SSSR count). The molecule has 1 aromatic carbocycles. The summed E-state index contributed by atoms with van der Waals surface area (Å²) in [7, 11) is 1.68. The molecule has 0 aliphatic rings. The first-order chi connectivity index (χ1) is 8.87. The summed E-state index contributed by atoms with van der Waals surface area (Å²) in [5.41, 5.74) is 6.52. The Morgan fingerprint density at radius 2 is 2.16 bits per heavy atom. The van der Waals surface area contributed by atoms with E-state index in [2.05, 4.69) is 19.2 Å². The molecular formula is C14H21FN2OS. The third kappa shape index (κ3) is 4.76. The molecule has 0 fully saturated rings. The van der Waals surface area contributed by atoms with Crippen LogP contribution in [0.2, 0.25) is 0 Å². The van der Waals surface area contributed by atoms with E-state index in [0.717, 1.165) is 6.42 Å². The fraction of sp³-hybridized carbons (Fsp3) is 0.500. The number of thiocarbonyl (C=S) groups is 1. The molecule has 106 valence electrons. The molecule has 1 aromatic rings. The minimum atomic E-state index is -0.396. The van der Waals surface area contributed by atoms with Gasteiger partial charge in [-0.25, -0.2) is 4.39 Å². The molecule has 0 aromatic heterocycles. The van der Waals surface area contributed by atoms with E-state index in [-0.39, 0.29) is 16.0 Å². The molecule has 5 heteroatoms. The van der Waals surface area contributed by atoms with Crippen LogP contribution in [-0.2, 0) is 4.74 Å². The fourth-order valence-electron chi connectivity index (χ4n) is 1.72. The van der Waals surface area contributed by atoms with Crippen molar-refractivity contribution in [1.82, 2.24) is 0 Å². The molecule has 0 bridgehead atoms. The fourth-order valence-corrected chi connectivity index (χ4v) is 1.93. The van der Waals surface area contributed by atoms with Crippen LogP contribution in [0.5, 0.6) is 0 Å². The van der Waals surface area contributed by atoms with E-state index < -0.39 is 5.82 Å². The van der Waals surface area contributed by atoms with Gasteiger partial charge in [-0.05, 0) is 24.0 Å². The molecule has 0 unspecified atom stereocenters. The highest BCUT2D eigenvalue weighted by Gasteiger charge is 2.19. The van der Waals surface area contributed by atoms with E-state index in [0.29, 0.717) is 18.8 Å². The Kier molecular flexibility index (Phi) is 5.69. The van der Waals surface area contributed by atoms with Gasteiger partial charge in [0.25, 0.3) is 0 Å². The summed E-state index contributed by atoms with van der Waals surface area (Å²) in [5.74, 6) is -0.396. The molecule has 0 aliphatic heterocycles. The first-order valence-corrected chi connectivity index (χ1v) is 6.59. The highest BCUT2D eigenvalue weighted by Crippen LogP contribution is 2.24. The molecule has 0 radical (unpaired) electrons. The number of rotatable bonds is 7. The maximum atomic E-state index is 13.7. The Bertz CT molecular complexity index is 449. The SMILES string of the molecule is COCCC(C)(C)CNc1cccc(F)c1C(N)=S. The Labute approximate surface area is 119 Å². The number of nitrogens with one attached hydrogen (secondary N) is 1. The lowest BCUT2D eigenvalue weighted by atomic mass is 9.89. The molecule has 0 aliphatic carbocycles. The van der Waals surface area contributed by atoms with Gasteiger partial charge in [-0.15, -0.1) is 0 Å². The third-order valence-electron chi connectivity index (χ3n) is 3.00. The van der Waals surface area contributed by atoms with Crippen molar-refractivity contribution in [3.8, 4) is 0 Å². The lowest BCUT2D eigenvalue weighted by molar-refractivity contribution is 0.157. The van der Waals surface area contributed by atoms with Crippen molar-refractivity contribution in [1.29, 1.82) is 0 Å². The van der Waals surface area contributed by atoms with E-state index in [9.17, 15) is 4.39 Å². The Morgan fingerprint density at radius 3 is 2.74 bits per heavy atom. The van der Waals surface area contributed by atoms with Crippen LogP contribution < -0.4 is 11.1 Å². The summed E-state index contributed by atoms with van der Waals surface area (Å²) < 4.78 is 18.8. The van der Waals surface area contributed by atoms with E-state index in [1.165, 1.54) is 6.07 Å². The number of methoxy groups -OCH3 is 1. The van der Waals surface area contributed by atoms with Gasteiger partial charge in [0.15, 0.2) is 0 Å². The molecule has 19 heavy (non-hydrogen) atoms. The van der Waals surface area contributed by atoms with Gasteiger partial charge in [0.2, 0.25) is 0 Å². The maximum absolute atomic E-state index is 13.7. The predicted octanol–water partition coefficient (Wildman–Crippen LogP) is 2.93. The second-order valence-electron chi connectivity index (χ2n) is 5.29. The lowest BCUT2D eigenvalue weighted by Gasteiger charge is -2.26. The normalized spacial score (nSPS) is 11.4. The summed E-state index contributed by atoms with van der Waals surface area (Å²) in [6, 6.07) is 4.78. The predicted molar refractivity (Wildman–Crippen MR) is 81.1 cm³/mol. The standard InChI is InChI=1S/C14H21FN2OS/c1-14(2,7-8-18-3)9-17-11-6-4-5-10(15)12(11)13(16)19/h4-6,17H,7-9H2,1-3H3,(H2,16,19). The molecule has 0 atom stereocenters. The van der Waals surface area contributed by atoms with Gasteiger partial charge in [0.05, 0.1) is 5.56 Å². The first-order valence-electron chi connectivity index (χ1n) is 6.18. The van der Waals surface area contributed by atoms with Crippen LogP contribution in [0.4, 0.5) is 10.1 Å². The van der Waals surface area contributed by atoms with Gasteiger partial charge in [0.1, 0.15) is 10.8 Å². The number of hydrogen-bond acceptors (Lipinski definition) is 3. The van der Waals surface area contributed by atoms with Crippen LogP contribution >= 0.6 is 12.2 Å². The third-order valence-corrected chi connectivity index (χ3v) is 3.20. The van der Waals surface area contributed by atoms with Gasteiger partial charge in [-0.3, -0.25) is 0 Å². The summed E-state index contributed by atoms with van der Waals surface area (Å²) in [5, 5.41) is 3.22. The van der Waals surface area contributed by atoms with Gasteiger partial charge in [-0.1, -0.05) is 32.1 Å². The Hall–Kier alpha value is -1.20. The number of benzene rings is 1.